The minimum atomic E-state index is 0.691. The number of unbranched alkanes of at least 4 members (excludes halogenated alkanes) is 2. The van der Waals surface area contributed by atoms with Crippen LogP contribution in [0, 0.1) is 0 Å². The summed E-state index contributed by atoms with van der Waals surface area (Å²) in [6, 6.07) is 0. The lowest BCUT2D eigenvalue weighted by Crippen LogP contribution is -1.94. The molecule has 0 aromatic rings. The maximum Gasteiger partial charge on any atom is 0.184 e. The molecule has 0 bridgehead atoms. The Labute approximate surface area is 75.3 Å². The van der Waals surface area contributed by atoms with E-state index in [4.69, 9.17) is 4.74 Å². The number of hydrogen-bond donors (Lipinski definition) is 0. The van der Waals surface area contributed by atoms with Gasteiger partial charge < -0.3 is 4.74 Å². The van der Waals surface area contributed by atoms with E-state index in [1.165, 1.54) is 19.3 Å². The molecule has 12 heavy (non-hydrogen) atoms. The summed E-state index contributed by atoms with van der Waals surface area (Å²) in [5, 5.41) is 0. The van der Waals surface area contributed by atoms with Crippen molar-refractivity contribution < 1.29 is 4.74 Å². The van der Waals surface area contributed by atoms with Crippen LogP contribution in [-0.2, 0) is 4.74 Å². The molecule has 0 saturated carbocycles. The van der Waals surface area contributed by atoms with E-state index in [9.17, 15) is 0 Å². The van der Waals surface area contributed by atoms with Gasteiger partial charge in [-0.2, -0.15) is 0 Å². The molecule has 0 saturated heterocycles. The highest BCUT2D eigenvalue weighted by atomic mass is 16.5. The first-order valence-corrected chi connectivity index (χ1v) is 4.47. The van der Waals surface area contributed by atoms with Crippen molar-refractivity contribution in [3.63, 3.8) is 0 Å². The van der Waals surface area contributed by atoms with Gasteiger partial charge in [0.1, 0.15) is 0 Å². The number of hydrogen-bond acceptors (Lipinski definition) is 2. The summed E-state index contributed by atoms with van der Waals surface area (Å²) in [6.07, 6.45) is 4.64. The highest BCUT2D eigenvalue weighted by Gasteiger charge is 1.93. The van der Waals surface area contributed by atoms with E-state index in [1.807, 2.05) is 6.92 Å². The molecule has 0 aliphatic carbocycles. The fourth-order valence-corrected chi connectivity index (χ4v) is 0.903. The molecule has 0 amide bonds. The number of allylic oxidation sites excluding steroid dienone is 1. The lowest BCUT2D eigenvalue weighted by atomic mass is 10.2. The summed E-state index contributed by atoms with van der Waals surface area (Å²) >= 11 is 0. The van der Waals surface area contributed by atoms with Gasteiger partial charge in [-0.25, -0.2) is 4.99 Å². The molecule has 2 heteroatoms. The molecule has 0 radical (unpaired) electrons. The molecule has 0 fully saturated rings. The van der Waals surface area contributed by atoms with Crippen LogP contribution in [0.5, 0.6) is 0 Å². The first kappa shape index (κ1) is 11.2. The van der Waals surface area contributed by atoms with Gasteiger partial charge in [0.05, 0.1) is 7.11 Å². The number of ether oxygens (including phenoxy) is 1. The van der Waals surface area contributed by atoms with Gasteiger partial charge in [-0.1, -0.05) is 26.3 Å². The van der Waals surface area contributed by atoms with Crippen LogP contribution in [0.25, 0.3) is 0 Å². The highest BCUT2D eigenvalue weighted by molar-refractivity contribution is 5.74. The van der Waals surface area contributed by atoms with Gasteiger partial charge in [0.15, 0.2) is 5.90 Å². The average Bonchev–Trinajstić information content (AvgIpc) is 2.05. The quantitative estimate of drug-likeness (QED) is 0.352. The average molecular weight is 169 g/mol. The van der Waals surface area contributed by atoms with Crippen molar-refractivity contribution >= 4 is 5.90 Å². The fraction of sp³-hybridized carbons (Fsp3) is 0.700. The normalized spacial score (nSPS) is 11.4. The molecule has 0 rings (SSSR count). The van der Waals surface area contributed by atoms with Gasteiger partial charge in [-0.05, 0) is 12.8 Å². The predicted octanol–water partition coefficient (Wildman–Crippen LogP) is 3.15. The summed E-state index contributed by atoms with van der Waals surface area (Å²) in [6.45, 7) is 7.87. The van der Waals surface area contributed by atoms with Gasteiger partial charge in [0, 0.05) is 12.6 Å². The van der Waals surface area contributed by atoms with Crippen LogP contribution in [-0.4, -0.2) is 13.0 Å². The van der Waals surface area contributed by atoms with Gasteiger partial charge >= 0.3 is 0 Å². The SMILES string of the molecule is C=C(CCCCC)N=C(C)OC. The standard InChI is InChI=1S/C10H19NO/c1-5-6-7-8-9(2)11-10(3)12-4/h2,5-8H2,1,3-4H3. The second-order valence-electron chi connectivity index (χ2n) is 2.86. The van der Waals surface area contributed by atoms with Crippen LogP contribution >= 0.6 is 0 Å². The van der Waals surface area contributed by atoms with Gasteiger partial charge in [0.2, 0.25) is 0 Å². The molecule has 0 N–H and O–H groups in total. The van der Waals surface area contributed by atoms with Crippen molar-refractivity contribution in [2.24, 2.45) is 4.99 Å². The van der Waals surface area contributed by atoms with Crippen molar-refractivity contribution in [2.45, 2.75) is 39.5 Å². The summed E-state index contributed by atoms with van der Waals surface area (Å²) < 4.78 is 4.92. The summed E-state index contributed by atoms with van der Waals surface area (Å²) in [4.78, 5) is 4.17. The van der Waals surface area contributed by atoms with Crippen molar-refractivity contribution in [1.82, 2.24) is 0 Å². The van der Waals surface area contributed by atoms with E-state index in [0.29, 0.717) is 5.90 Å². The molecule has 0 unspecified atom stereocenters. The Hall–Kier alpha value is -0.790. The first-order chi connectivity index (χ1) is 5.70. The molecule has 0 aromatic carbocycles. The Morgan fingerprint density at radius 1 is 1.42 bits per heavy atom. The van der Waals surface area contributed by atoms with E-state index in [0.717, 1.165) is 12.1 Å². The second kappa shape index (κ2) is 6.89. The van der Waals surface area contributed by atoms with Crippen LogP contribution < -0.4 is 0 Å². The van der Waals surface area contributed by atoms with Gasteiger partial charge in [0.25, 0.3) is 0 Å². The van der Waals surface area contributed by atoms with E-state index in [-0.39, 0.29) is 0 Å². The smallest absolute Gasteiger partial charge is 0.184 e. The van der Waals surface area contributed by atoms with Crippen molar-refractivity contribution in [1.29, 1.82) is 0 Å². The Kier molecular flexibility index (Phi) is 6.44. The predicted molar refractivity (Wildman–Crippen MR) is 53.4 cm³/mol. The molecular weight excluding hydrogens is 150 g/mol. The molecule has 0 heterocycles. The molecule has 2 nitrogen and oxygen atoms in total. The third-order valence-electron chi connectivity index (χ3n) is 1.68. The lowest BCUT2D eigenvalue weighted by Gasteiger charge is -2.01. The minimum absolute atomic E-state index is 0.691. The Morgan fingerprint density at radius 3 is 2.58 bits per heavy atom. The zero-order valence-electron chi connectivity index (χ0n) is 8.39. The molecule has 0 aliphatic rings. The zero-order valence-corrected chi connectivity index (χ0v) is 8.39. The van der Waals surface area contributed by atoms with E-state index in [2.05, 4.69) is 18.5 Å². The van der Waals surface area contributed by atoms with E-state index < -0.39 is 0 Å². The number of nitrogens with zero attached hydrogens (tertiary/aromatic N) is 1. The van der Waals surface area contributed by atoms with Crippen LogP contribution in [0.15, 0.2) is 17.3 Å². The molecule has 0 aromatic heterocycles. The Morgan fingerprint density at radius 2 is 2.08 bits per heavy atom. The van der Waals surface area contributed by atoms with E-state index in [1.54, 1.807) is 7.11 Å². The molecule has 70 valence electrons. The van der Waals surface area contributed by atoms with E-state index >= 15 is 0 Å². The summed E-state index contributed by atoms with van der Waals surface area (Å²) in [5.41, 5.74) is 0.919. The monoisotopic (exact) mass is 169 g/mol. The van der Waals surface area contributed by atoms with Gasteiger partial charge in [-0.15, -0.1) is 0 Å². The summed E-state index contributed by atoms with van der Waals surface area (Å²) in [7, 11) is 1.62. The second-order valence-corrected chi connectivity index (χ2v) is 2.86. The lowest BCUT2D eigenvalue weighted by molar-refractivity contribution is 0.399. The third-order valence-corrected chi connectivity index (χ3v) is 1.68. The molecule has 0 spiro atoms. The molecule has 0 atom stereocenters. The maximum absolute atomic E-state index is 4.92. The van der Waals surface area contributed by atoms with Crippen LogP contribution in [0.2, 0.25) is 0 Å². The Bertz CT molecular complexity index is 161. The first-order valence-electron chi connectivity index (χ1n) is 4.47. The van der Waals surface area contributed by atoms with Crippen molar-refractivity contribution in [2.75, 3.05) is 7.11 Å². The maximum atomic E-state index is 4.92. The topological polar surface area (TPSA) is 21.6 Å². The number of methoxy groups -OCH3 is 1. The molecular formula is C10H19NO. The van der Waals surface area contributed by atoms with Crippen molar-refractivity contribution in [3.05, 3.63) is 12.3 Å². The van der Waals surface area contributed by atoms with Gasteiger partial charge in [-0.3, -0.25) is 0 Å². The van der Waals surface area contributed by atoms with Crippen LogP contribution in [0.4, 0.5) is 0 Å². The third kappa shape index (κ3) is 5.96. The summed E-state index contributed by atoms with van der Waals surface area (Å²) in [5.74, 6) is 0.691. The van der Waals surface area contributed by atoms with Crippen molar-refractivity contribution in [3.8, 4) is 0 Å². The zero-order chi connectivity index (χ0) is 9.40. The minimum Gasteiger partial charge on any atom is -0.484 e. The van der Waals surface area contributed by atoms with Crippen LogP contribution in [0.1, 0.15) is 39.5 Å². The molecule has 0 aliphatic heterocycles. The number of aliphatic imine (C=N–C) groups is 1. The van der Waals surface area contributed by atoms with Crippen LogP contribution in [0.3, 0.4) is 0 Å². The fourth-order valence-electron chi connectivity index (χ4n) is 0.903. The highest BCUT2D eigenvalue weighted by Crippen LogP contribution is 2.08. The Balaban J connectivity index is 3.59. The number of rotatable bonds is 5. The largest absolute Gasteiger partial charge is 0.484 e.